The molecule has 0 amide bonds. The van der Waals surface area contributed by atoms with Crippen LogP contribution in [0.4, 0.5) is 0 Å². The second-order valence-corrected chi connectivity index (χ2v) is 10.3. The minimum Gasteiger partial charge on any atom is -0.493 e. The largest absolute Gasteiger partial charge is 0.493 e. The highest BCUT2D eigenvalue weighted by Crippen LogP contribution is 2.46. The fourth-order valence-electron chi connectivity index (χ4n) is 5.17. The van der Waals surface area contributed by atoms with Gasteiger partial charge in [-0.25, -0.2) is 4.79 Å². The number of Topliss-reactive ketones (excluding diaryl/α,β-unsaturated/α-hetero) is 1. The highest BCUT2D eigenvalue weighted by Gasteiger charge is 2.41. The summed E-state index contributed by atoms with van der Waals surface area (Å²) in [6.07, 6.45) is 4.78. The standard InChI is InChI=1S/C30H35NO5S/c1-6-7-14-36-30(33)27-18(2)31-23-15-21(20-10-13-25(34-3)26(17-20)35-4)16-24(32)29(23)28(27)19-8-11-22(37-5)12-9-19/h8-13,17,21,28,31H,6-7,14-16H2,1-5H3/t21-,28-/m1/s1. The summed E-state index contributed by atoms with van der Waals surface area (Å²) < 4.78 is 16.5. The first-order chi connectivity index (χ1) is 17.9. The molecule has 7 heteroatoms. The van der Waals surface area contributed by atoms with Crippen molar-refractivity contribution in [2.24, 2.45) is 0 Å². The van der Waals surface area contributed by atoms with Crippen molar-refractivity contribution in [1.29, 1.82) is 0 Å². The lowest BCUT2D eigenvalue weighted by molar-refractivity contribution is -0.139. The predicted molar refractivity (Wildman–Crippen MR) is 146 cm³/mol. The maximum absolute atomic E-state index is 13.8. The van der Waals surface area contributed by atoms with E-state index >= 15 is 0 Å². The summed E-state index contributed by atoms with van der Waals surface area (Å²) in [4.78, 5) is 28.2. The van der Waals surface area contributed by atoms with E-state index in [1.54, 1.807) is 26.0 Å². The van der Waals surface area contributed by atoms with Gasteiger partial charge in [0.25, 0.3) is 0 Å². The van der Waals surface area contributed by atoms with Crippen LogP contribution in [-0.2, 0) is 14.3 Å². The summed E-state index contributed by atoms with van der Waals surface area (Å²) in [5, 5.41) is 3.42. The van der Waals surface area contributed by atoms with Gasteiger partial charge in [0.1, 0.15) is 0 Å². The molecule has 0 bridgehead atoms. The molecule has 0 spiro atoms. The SMILES string of the molecule is CCCCOC(=O)C1=C(C)NC2=C(C(=O)C[C@H](c3ccc(OC)c(OC)c3)C2)[C@@H]1c1ccc(SC)cc1. The third-order valence-electron chi connectivity index (χ3n) is 7.11. The van der Waals surface area contributed by atoms with E-state index in [0.717, 1.165) is 40.3 Å². The number of esters is 1. The first kappa shape index (κ1) is 26.9. The zero-order valence-electron chi connectivity index (χ0n) is 22.2. The van der Waals surface area contributed by atoms with Gasteiger partial charge in [0.2, 0.25) is 0 Å². The first-order valence-corrected chi connectivity index (χ1v) is 13.9. The Labute approximate surface area is 223 Å². The zero-order chi connectivity index (χ0) is 26.5. The maximum Gasteiger partial charge on any atom is 0.336 e. The van der Waals surface area contributed by atoms with Crippen LogP contribution in [0, 0.1) is 0 Å². The van der Waals surface area contributed by atoms with E-state index in [2.05, 4.69) is 12.2 Å². The molecule has 1 aliphatic heterocycles. The third kappa shape index (κ3) is 5.57. The van der Waals surface area contributed by atoms with Gasteiger partial charge in [-0.05, 0) is 67.3 Å². The van der Waals surface area contributed by atoms with Crippen LogP contribution in [0.1, 0.15) is 62.5 Å². The molecular weight excluding hydrogens is 486 g/mol. The number of hydrogen-bond acceptors (Lipinski definition) is 7. The number of dihydropyridines is 1. The van der Waals surface area contributed by atoms with E-state index in [-0.39, 0.29) is 17.7 Å². The number of allylic oxidation sites excluding steroid dienone is 3. The van der Waals surface area contributed by atoms with Crippen molar-refractivity contribution in [2.75, 3.05) is 27.1 Å². The average Bonchev–Trinajstić information content (AvgIpc) is 2.91. The van der Waals surface area contributed by atoms with Crippen LogP contribution in [-0.4, -0.2) is 38.8 Å². The number of rotatable bonds is 9. The van der Waals surface area contributed by atoms with Crippen molar-refractivity contribution in [3.05, 3.63) is 76.1 Å². The summed E-state index contributed by atoms with van der Waals surface area (Å²) >= 11 is 1.66. The number of unbranched alkanes of at least 4 members (excludes halogenated alkanes) is 1. The Morgan fingerprint density at radius 1 is 1.03 bits per heavy atom. The quantitative estimate of drug-likeness (QED) is 0.242. The smallest absolute Gasteiger partial charge is 0.336 e. The molecule has 2 aliphatic rings. The van der Waals surface area contributed by atoms with Gasteiger partial charge in [-0.15, -0.1) is 11.8 Å². The Kier molecular flexibility index (Phi) is 8.64. The summed E-state index contributed by atoms with van der Waals surface area (Å²) in [5.74, 6) is 0.508. The van der Waals surface area contributed by atoms with Gasteiger partial charge >= 0.3 is 5.97 Å². The average molecular weight is 522 g/mol. The fourth-order valence-corrected chi connectivity index (χ4v) is 5.58. The molecule has 0 radical (unpaired) electrons. The second-order valence-electron chi connectivity index (χ2n) is 9.39. The van der Waals surface area contributed by atoms with Crippen LogP contribution in [0.3, 0.4) is 0 Å². The van der Waals surface area contributed by atoms with Crippen molar-refractivity contribution in [1.82, 2.24) is 5.32 Å². The van der Waals surface area contributed by atoms with Gasteiger partial charge in [0.05, 0.1) is 26.4 Å². The van der Waals surface area contributed by atoms with Crippen LogP contribution in [0.15, 0.2) is 69.9 Å². The van der Waals surface area contributed by atoms with Crippen molar-refractivity contribution < 1.29 is 23.8 Å². The lowest BCUT2D eigenvalue weighted by atomic mass is 9.71. The molecule has 0 unspecified atom stereocenters. The molecule has 37 heavy (non-hydrogen) atoms. The Hall–Kier alpha value is -3.19. The van der Waals surface area contributed by atoms with E-state index in [9.17, 15) is 9.59 Å². The van der Waals surface area contributed by atoms with Crippen LogP contribution in [0.2, 0.25) is 0 Å². The van der Waals surface area contributed by atoms with E-state index < -0.39 is 5.92 Å². The molecule has 4 rings (SSSR count). The minimum absolute atomic E-state index is 0.0103. The monoisotopic (exact) mass is 521 g/mol. The van der Waals surface area contributed by atoms with Crippen molar-refractivity contribution in [3.8, 4) is 11.5 Å². The molecule has 0 aromatic heterocycles. The zero-order valence-corrected chi connectivity index (χ0v) is 23.0. The van der Waals surface area contributed by atoms with Gasteiger partial charge in [0, 0.05) is 34.2 Å². The molecule has 196 valence electrons. The molecule has 1 aliphatic carbocycles. The Morgan fingerprint density at radius 2 is 1.73 bits per heavy atom. The van der Waals surface area contributed by atoms with Crippen molar-refractivity contribution in [2.45, 2.75) is 56.3 Å². The van der Waals surface area contributed by atoms with Crippen molar-refractivity contribution >= 4 is 23.5 Å². The molecule has 0 saturated carbocycles. The number of carbonyl (C=O) groups is 2. The normalized spacial score (nSPS) is 19.3. The molecule has 1 N–H and O–H groups in total. The number of benzene rings is 2. The van der Waals surface area contributed by atoms with Gasteiger partial charge in [-0.3, -0.25) is 4.79 Å². The Balaban J connectivity index is 1.73. The molecule has 1 heterocycles. The lowest BCUT2D eigenvalue weighted by Gasteiger charge is -2.36. The number of hydrogen-bond donors (Lipinski definition) is 1. The first-order valence-electron chi connectivity index (χ1n) is 12.7. The maximum atomic E-state index is 13.8. The molecule has 2 aromatic rings. The molecular formula is C30H35NO5S. The summed E-state index contributed by atoms with van der Waals surface area (Å²) in [5.41, 5.74) is 4.74. The molecule has 0 fully saturated rings. The number of carbonyl (C=O) groups excluding carboxylic acids is 2. The van der Waals surface area contributed by atoms with Gasteiger partial charge in [0.15, 0.2) is 17.3 Å². The number of thioether (sulfide) groups is 1. The van der Waals surface area contributed by atoms with E-state index in [0.29, 0.717) is 42.1 Å². The number of nitrogens with one attached hydrogen (secondary N) is 1. The summed E-state index contributed by atoms with van der Waals surface area (Å²) in [6.45, 7) is 4.32. The predicted octanol–water partition coefficient (Wildman–Crippen LogP) is 6.13. The molecule has 0 saturated heterocycles. The lowest BCUT2D eigenvalue weighted by Crippen LogP contribution is -2.36. The van der Waals surface area contributed by atoms with Crippen molar-refractivity contribution in [3.63, 3.8) is 0 Å². The number of ketones is 1. The van der Waals surface area contributed by atoms with Crippen LogP contribution in [0.5, 0.6) is 11.5 Å². The van der Waals surface area contributed by atoms with E-state index in [4.69, 9.17) is 14.2 Å². The Morgan fingerprint density at radius 3 is 2.38 bits per heavy atom. The van der Waals surface area contributed by atoms with Gasteiger partial charge in [-0.2, -0.15) is 0 Å². The Bertz CT molecular complexity index is 1230. The van der Waals surface area contributed by atoms with E-state index in [1.165, 1.54) is 0 Å². The topological polar surface area (TPSA) is 73.9 Å². The summed E-state index contributed by atoms with van der Waals surface area (Å²) in [6, 6.07) is 13.9. The van der Waals surface area contributed by atoms with Gasteiger partial charge in [-0.1, -0.05) is 31.5 Å². The van der Waals surface area contributed by atoms with Crippen LogP contribution >= 0.6 is 11.8 Å². The van der Waals surface area contributed by atoms with Crippen LogP contribution < -0.4 is 14.8 Å². The van der Waals surface area contributed by atoms with Gasteiger partial charge < -0.3 is 19.5 Å². The molecule has 6 nitrogen and oxygen atoms in total. The fraction of sp³-hybridized carbons (Fsp3) is 0.400. The molecule has 2 atom stereocenters. The summed E-state index contributed by atoms with van der Waals surface area (Å²) in [7, 11) is 3.22. The third-order valence-corrected chi connectivity index (χ3v) is 7.85. The van der Waals surface area contributed by atoms with Crippen LogP contribution in [0.25, 0.3) is 0 Å². The molecule has 2 aromatic carbocycles. The second kappa shape index (κ2) is 11.9. The highest BCUT2D eigenvalue weighted by molar-refractivity contribution is 7.98. The van der Waals surface area contributed by atoms with E-state index in [1.807, 2.05) is 55.6 Å². The highest BCUT2D eigenvalue weighted by atomic mass is 32.2. The number of ether oxygens (including phenoxy) is 3. The number of methoxy groups -OCH3 is 2. The minimum atomic E-state index is -0.458.